The molecule has 176 valence electrons. The lowest BCUT2D eigenvalue weighted by atomic mass is 10.0. The van der Waals surface area contributed by atoms with Crippen molar-refractivity contribution in [3.63, 3.8) is 0 Å². The molecule has 9 nitrogen and oxygen atoms in total. The zero-order chi connectivity index (χ0) is 23.1. The van der Waals surface area contributed by atoms with Crippen LogP contribution in [0.4, 0.5) is 21.7 Å². The highest BCUT2D eigenvalue weighted by Crippen LogP contribution is 2.39. The normalized spacial score (nSPS) is 12.1. The number of benzene rings is 2. The Labute approximate surface area is 195 Å². The fourth-order valence-electron chi connectivity index (χ4n) is 4.09. The fourth-order valence-corrected chi connectivity index (χ4v) is 4.09. The van der Waals surface area contributed by atoms with Crippen molar-refractivity contribution in [1.29, 1.82) is 0 Å². The van der Waals surface area contributed by atoms with E-state index < -0.39 is 16.4 Å². The Balaban J connectivity index is 0.00000274. The topological polar surface area (TPSA) is 104 Å². The summed E-state index contributed by atoms with van der Waals surface area (Å²) in [5.74, 6) is 0.164. The first-order valence-electron chi connectivity index (χ1n) is 10.4. The van der Waals surface area contributed by atoms with Crippen molar-refractivity contribution in [2.45, 2.75) is 27.3 Å². The molecule has 0 amide bonds. The van der Waals surface area contributed by atoms with Gasteiger partial charge in [-0.05, 0) is 18.1 Å². The molecular weight excluding hydrogens is 441 g/mol. The lowest BCUT2D eigenvalue weighted by Gasteiger charge is -2.16. The number of aryl methyl sites for hydroxylation is 1. The second-order valence-electron chi connectivity index (χ2n) is 7.54. The summed E-state index contributed by atoms with van der Waals surface area (Å²) >= 11 is 0. The number of halogens is 1. The van der Waals surface area contributed by atoms with Crippen LogP contribution in [0.3, 0.4) is 0 Å². The van der Waals surface area contributed by atoms with Gasteiger partial charge >= 0.3 is 5.69 Å². The average Bonchev–Trinajstić information content (AvgIpc) is 3.20. The number of nitrogens with one attached hydrogen (secondary N) is 1. The van der Waals surface area contributed by atoms with Crippen LogP contribution in [-0.2, 0) is 13.0 Å². The number of nitro benzene ring substituents is 1. The maximum Gasteiger partial charge on any atom is 0.307 e. The van der Waals surface area contributed by atoms with Crippen LogP contribution in [0.5, 0.6) is 11.5 Å². The molecule has 1 aliphatic rings. The number of nitro groups is 1. The summed E-state index contributed by atoms with van der Waals surface area (Å²) in [5.41, 5.74) is 3.17. The largest absolute Gasteiger partial charge is 0.494 e. The third-order valence-electron chi connectivity index (χ3n) is 5.66. The highest BCUT2D eigenvalue weighted by molar-refractivity contribution is 5.99. The van der Waals surface area contributed by atoms with E-state index in [1.807, 2.05) is 25.1 Å². The summed E-state index contributed by atoms with van der Waals surface area (Å²) in [6.07, 6.45) is 4.49. The molecule has 1 N–H and O–H groups in total. The average molecular weight is 465 g/mol. The van der Waals surface area contributed by atoms with Crippen LogP contribution in [0.1, 0.15) is 19.9 Å². The molecule has 4 aromatic rings. The lowest BCUT2D eigenvalue weighted by molar-refractivity contribution is -0.387. The molecule has 10 heteroatoms. The van der Waals surface area contributed by atoms with Gasteiger partial charge in [0.05, 0.1) is 35.5 Å². The molecule has 3 heterocycles. The first-order valence-corrected chi connectivity index (χ1v) is 10.4. The van der Waals surface area contributed by atoms with Crippen molar-refractivity contribution >= 4 is 28.2 Å². The number of methoxy groups -OCH3 is 1. The van der Waals surface area contributed by atoms with E-state index in [4.69, 9.17) is 14.5 Å². The molecule has 5 rings (SSSR count). The molecule has 34 heavy (non-hydrogen) atoms. The van der Waals surface area contributed by atoms with Gasteiger partial charge in [-0.1, -0.05) is 26.5 Å². The summed E-state index contributed by atoms with van der Waals surface area (Å²) < 4.78 is 27.2. The van der Waals surface area contributed by atoms with Gasteiger partial charge in [0, 0.05) is 35.5 Å². The maximum absolute atomic E-state index is 14.0. The summed E-state index contributed by atoms with van der Waals surface area (Å²) in [5, 5.41) is 15.2. The van der Waals surface area contributed by atoms with E-state index in [0.717, 1.165) is 52.2 Å². The number of nitrogens with zero attached hydrogens (tertiary/aromatic N) is 4. The van der Waals surface area contributed by atoms with Gasteiger partial charge in [0.15, 0.2) is 0 Å². The Morgan fingerprint density at radius 2 is 2.18 bits per heavy atom. The van der Waals surface area contributed by atoms with Gasteiger partial charge in [0.1, 0.15) is 18.1 Å². The summed E-state index contributed by atoms with van der Waals surface area (Å²) in [6.45, 7) is 3.36. The number of para-hydroxylation sites is 1. The van der Waals surface area contributed by atoms with E-state index in [2.05, 4.69) is 21.1 Å². The molecule has 2 aromatic carbocycles. The van der Waals surface area contributed by atoms with E-state index >= 15 is 0 Å². The molecular formula is C24H24FN5O4. The Morgan fingerprint density at radius 1 is 1.35 bits per heavy atom. The Hall–Kier alpha value is -4.21. The minimum absolute atomic E-state index is 0. The third kappa shape index (κ3) is 3.76. The minimum atomic E-state index is -0.985. The smallest absolute Gasteiger partial charge is 0.307 e. The SMILES string of the molecule is C.CCc1cnc(Nc2cc([N+](=O)[O-])c(F)cc2OC)nc1-c1cn2c3c(cccc13)OCC2. The monoisotopic (exact) mass is 465 g/mol. The van der Waals surface area contributed by atoms with Gasteiger partial charge in [-0.25, -0.2) is 9.97 Å². The summed E-state index contributed by atoms with van der Waals surface area (Å²) in [7, 11) is 1.36. The Bertz CT molecular complexity index is 1400. The van der Waals surface area contributed by atoms with Crippen molar-refractivity contribution in [3.8, 4) is 22.8 Å². The number of anilines is 2. The van der Waals surface area contributed by atoms with Crippen molar-refractivity contribution in [2.24, 2.45) is 0 Å². The van der Waals surface area contributed by atoms with Gasteiger partial charge in [0.25, 0.3) is 0 Å². The zero-order valence-corrected chi connectivity index (χ0v) is 18.0. The lowest BCUT2D eigenvalue weighted by Crippen LogP contribution is -2.12. The van der Waals surface area contributed by atoms with E-state index in [1.165, 1.54) is 7.11 Å². The van der Waals surface area contributed by atoms with Crippen LogP contribution in [0, 0.1) is 15.9 Å². The molecule has 1 aliphatic heterocycles. The molecule has 0 fully saturated rings. The van der Waals surface area contributed by atoms with E-state index in [-0.39, 0.29) is 24.8 Å². The molecule has 0 bridgehead atoms. The fraction of sp³-hybridized carbons (Fsp3) is 0.250. The highest BCUT2D eigenvalue weighted by atomic mass is 19.1. The quantitative estimate of drug-likeness (QED) is 0.297. The highest BCUT2D eigenvalue weighted by Gasteiger charge is 2.22. The molecule has 0 radical (unpaired) electrons. The molecule has 0 saturated heterocycles. The van der Waals surface area contributed by atoms with Crippen LogP contribution in [0.15, 0.2) is 42.7 Å². The van der Waals surface area contributed by atoms with Gasteiger partial charge < -0.3 is 19.4 Å². The van der Waals surface area contributed by atoms with Crippen molar-refractivity contribution in [3.05, 3.63) is 64.2 Å². The van der Waals surface area contributed by atoms with Crippen LogP contribution in [0.25, 0.3) is 22.2 Å². The van der Waals surface area contributed by atoms with E-state index in [1.54, 1.807) is 6.20 Å². The molecule has 2 aromatic heterocycles. The number of rotatable bonds is 6. The predicted molar refractivity (Wildman–Crippen MR) is 127 cm³/mol. The number of hydrogen-bond donors (Lipinski definition) is 1. The van der Waals surface area contributed by atoms with Crippen LogP contribution >= 0.6 is 0 Å². The molecule has 0 aliphatic carbocycles. The second kappa shape index (κ2) is 8.97. The van der Waals surface area contributed by atoms with Crippen molar-refractivity contribution < 1.29 is 18.8 Å². The predicted octanol–water partition coefficient (Wildman–Crippen LogP) is 5.49. The van der Waals surface area contributed by atoms with Crippen LogP contribution in [0.2, 0.25) is 0 Å². The summed E-state index contributed by atoms with van der Waals surface area (Å²) in [6, 6.07) is 7.96. The van der Waals surface area contributed by atoms with Gasteiger partial charge in [0.2, 0.25) is 11.8 Å². The number of hydrogen-bond acceptors (Lipinski definition) is 7. The standard InChI is InChI=1S/C23H20FN5O4.CH4/c1-3-13-11-25-23(26-17-10-18(29(30)31)16(24)9-20(17)32-2)27-21(13)15-12-28-7-8-33-19-6-4-5-14(15)22(19)28;/h4-6,9-12H,3,7-8H2,1-2H3,(H,25,26,27);1H4. The maximum atomic E-state index is 14.0. The Kier molecular flexibility index (Phi) is 6.06. The molecule has 0 atom stereocenters. The summed E-state index contributed by atoms with van der Waals surface area (Å²) in [4.78, 5) is 19.5. The minimum Gasteiger partial charge on any atom is -0.494 e. The van der Waals surface area contributed by atoms with E-state index in [9.17, 15) is 14.5 Å². The zero-order valence-electron chi connectivity index (χ0n) is 18.0. The number of aromatic nitrogens is 3. The van der Waals surface area contributed by atoms with Crippen LogP contribution in [-0.4, -0.2) is 33.2 Å². The van der Waals surface area contributed by atoms with Crippen molar-refractivity contribution in [2.75, 3.05) is 19.0 Å². The first kappa shape index (κ1) is 23.0. The molecule has 0 unspecified atom stereocenters. The van der Waals surface area contributed by atoms with Gasteiger partial charge in [-0.2, -0.15) is 4.39 Å². The van der Waals surface area contributed by atoms with Crippen molar-refractivity contribution in [1.82, 2.24) is 14.5 Å². The van der Waals surface area contributed by atoms with Gasteiger partial charge in [-0.3, -0.25) is 10.1 Å². The Morgan fingerprint density at radius 3 is 2.91 bits per heavy atom. The second-order valence-corrected chi connectivity index (χ2v) is 7.54. The van der Waals surface area contributed by atoms with Crippen LogP contribution < -0.4 is 14.8 Å². The molecule has 0 saturated carbocycles. The molecule has 0 spiro atoms. The van der Waals surface area contributed by atoms with E-state index in [0.29, 0.717) is 13.0 Å². The van der Waals surface area contributed by atoms with Gasteiger partial charge in [-0.15, -0.1) is 0 Å². The number of ether oxygens (including phenoxy) is 2. The first-order chi connectivity index (χ1) is 16.0. The third-order valence-corrected chi connectivity index (χ3v) is 5.66.